The maximum absolute atomic E-state index is 12.2. The van der Waals surface area contributed by atoms with E-state index in [1.54, 1.807) is 6.07 Å². The molecule has 0 saturated carbocycles. The van der Waals surface area contributed by atoms with Crippen LogP contribution in [0.15, 0.2) is 24.3 Å². The molecule has 1 N–H and O–H groups in total. The molecular formula is C17H22N2O4. The number of amides is 2. The molecule has 0 bridgehead atoms. The highest BCUT2D eigenvalue weighted by molar-refractivity contribution is 5.81. The van der Waals surface area contributed by atoms with Crippen molar-refractivity contribution in [1.29, 1.82) is 0 Å². The number of para-hydroxylation sites is 2. The molecule has 2 aliphatic heterocycles. The molecule has 0 aliphatic carbocycles. The molecule has 1 aromatic carbocycles. The Labute approximate surface area is 135 Å². The van der Waals surface area contributed by atoms with Gasteiger partial charge in [0.15, 0.2) is 11.5 Å². The zero-order chi connectivity index (χ0) is 16.2. The lowest BCUT2D eigenvalue weighted by Crippen LogP contribution is -2.46. The highest BCUT2D eigenvalue weighted by Crippen LogP contribution is 2.30. The number of nitrogens with one attached hydrogen (secondary N) is 1. The Balaban J connectivity index is 1.45. The molecule has 1 fully saturated rings. The normalized spacial score (nSPS) is 21.2. The van der Waals surface area contributed by atoms with Gasteiger partial charge in [-0.25, -0.2) is 0 Å². The first-order valence-electron chi connectivity index (χ1n) is 8.07. The van der Waals surface area contributed by atoms with E-state index in [2.05, 4.69) is 5.32 Å². The van der Waals surface area contributed by atoms with Crippen LogP contribution in [-0.4, -0.2) is 49.1 Å². The van der Waals surface area contributed by atoms with Gasteiger partial charge in [0.05, 0.1) is 0 Å². The Bertz CT molecular complexity index is 590. The highest BCUT2D eigenvalue weighted by atomic mass is 16.6. The molecule has 6 heteroatoms. The van der Waals surface area contributed by atoms with Crippen LogP contribution in [-0.2, 0) is 9.59 Å². The Hall–Kier alpha value is -2.24. The van der Waals surface area contributed by atoms with Gasteiger partial charge in [-0.3, -0.25) is 9.59 Å². The molecule has 6 nitrogen and oxygen atoms in total. The average Bonchev–Trinajstić information content (AvgIpc) is 2.97. The minimum atomic E-state index is -0.634. The smallest absolute Gasteiger partial charge is 0.264 e. The predicted octanol–water partition coefficient (Wildman–Crippen LogP) is 1.20. The molecule has 23 heavy (non-hydrogen) atoms. The third-order valence-corrected chi connectivity index (χ3v) is 4.13. The van der Waals surface area contributed by atoms with Crippen molar-refractivity contribution >= 4 is 11.8 Å². The number of benzene rings is 1. The van der Waals surface area contributed by atoms with E-state index in [9.17, 15) is 9.59 Å². The summed E-state index contributed by atoms with van der Waals surface area (Å²) in [5.41, 5.74) is 0. The van der Waals surface area contributed by atoms with Gasteiger partial charge < -0.3 is 19.7 Å². The molecule has 3 rings (SSSR count). The molecule has 2 atom stereocenters. The molecule has 0 unspecified atom stereocenters. The van der Waals surface area contributed by atoms with Crippen LogP contribution in [0.3, 0.4) is 0 Å². The number of fused-ring (bicyclic) bond motifs is 1. The Morgan fingerprint density at radius 1 is 1.39 bits per heavy atom. The number of nitrogens with zero attached hydrogens (tertiary/aromatic N) is 1. The number of rotatable bonds is 5. The van der Waals surface area contributed by atoms with Crippen LogP contribution >= 0.6 is 0 Å². The number of carbonyl (C=O) groups excluding carboxylic acids is 2. The van der Waals surface area contributed by atoms with Crippen molar-refractivity contribution in [2.75, 3.05) is 26.2 Å². The Kier molecular flexibility index (Phi) is 4.69. The summed E-state index contributed by atoms with van der Waals surface area (Å²) < 4.78 is 11.2. The predicted molar refractivity (Wildman–Crippen MR) is 84.3 cm³/mol. The van der Waals surface area contributed by atoms with Gasteiger partial charge in [0.1, 0.15) is 6.61 Å². The molecule has 1 saturated heterocycles. The van der Waals surface area contributed by atoms with E-state index in [-0.39, 0.29) is 24.3 Å². The third kappa shape index (κ3) is 3.75. The number of carbonyl (C=O) groups is 2. The quantitative estimate of drug-likeness (QED) is 0.886. The van der Waals surface area contributed by atoms with E-state index in [0.717, 1.165) is 13.0 Å². The van der Waals surface area contributed by atoms with Crippen molar-refractivity contribution in [3.05, 3.63) is 24.3 Å². The first-order chi connectivity index (χ1) is 11.1. The highest BCUT2D eigenvalue weighted by Gasteiger charge is 2.28. The summed E-state index contributed by atoms with van der Waals surface area (Å²) in [5, 5.41) is 2.89. The monoisotopic (exact) mass is 318 g/mol. The lowest BCUT2D eigenvalue weighted by molar-refractivity contribution is -0.130. The second kappa shape index (κ2) is 6.89. The van der Waals surface area contributed by atoms with Gasteiger partial charge in [0.25, 0.3) is 5.91 Å². The van der Waals surface area contributed by atoms with Crippen LogP contribution in [0.25, 0.3) is 0 Å². The topological polar surface area (TPSA) is 67.9 Å². The SMILES string of the molecule is C[C@H](CNC(=O)[C@H]1COc2ccccc2O1)CN1CCCC1=O. The second-order valence-corrected chi connectivity index (χ2v) is 6.16. The maximum atomic E-state index is 12.2. The Morgan fingerprint density at radius 3 is 2.91 bits per heavy atom. The fourth-order valence-corrected chi connectivity index (χ4v) is 2.88. The molecule has 0 spiro atoms. The summed E-state index contributed by atoms with van der Waals surface area (Å²) in [6.45, 7) is 4.27. The van der Waals surface area contributed by atoms with Crippen molar-refractivity contribution in [3.8, 4) is 11.5 Å². The van der Waals surface area contributed by atoms with Gasteiger partial charge >= 0.3 is 0 Å². The van der Waals surface area contributed by atoms with Crippen LogP contribution in [0.1, 0.15) is 19.8 Å². The summed E-state index contributed by atoms with van der Waals surface area (Å²) in [5.74, 6) is 1.49. The van der Waals surface area contributed by atoms with Crippen LogP contribution < -0.4 is 14.8 Å². The van der Waals surface area contributed by atoms with Gasteiger partial charge in [-0.2, -0.15) is 0 Å². The van der Waals surface area contributed by atoms with Crippen LogP contribution in [0.5, 0.6) is 11.5 Å². The minimum absolute atomic E-state index is 0.181. The first-order valence-corrected chi connectivity index (χ1v) is 8.07. The summed E-state index contributed by atoms with van der Waals surface area (Å²) in [4.78, 5) is 25.7. The largest absolute Gasteiger partial charge is 0.485 e. The molecule has 1 aromatic rings. The van der Waals surface area contributed by atoms with Gasteiger partial charge in [0.2, 0.25) is 12.0 Å². The van der Waals surface area contributed by atoms with E-state index in [4.69, 9.17) is 9.47 Å². The standard InChI is InChI=1S/C17H22N2O4/c1-12(10-19-8-4-7-16(19)20)9-18-17(21)15-11-22-13-5-2-3-6-14(13)23-15/h2-3,5-6,12,15H,4,7-11H2,1H3,(H,18,21)/t12-,15-/m1/s1. The molecule has 124 valence electrons. The number of hydrogen-bond acceptors (Lipinski definition) is 4. The number of likely N-dealkylation sites (tertiary alicyclic amines) is 1. The van der Waals surface area contributed by atoms with Gasteiger partial charge in [0, 0.05) is 26.1 Å². The van der Waals surface area contributed by atoms with Crippen molar-refractivity contribution in [3.63, 3.8) is 0 Å². The lowest BCUT2D eigenvalue weighted by atomic mass is 10.1. The molecule has 0 aromatic heterocycles. The Morgan fingerprint density at radius 2 is 2.17 bits per heavy atom. The molecule has 2 heterocycles. The zero-order valence-corrected chi connectivity index (χ0v) is 13.3. The number of hydrogen-bond donors (Lipinski definition) is 1. The summed E-state index contributed by atoms with van der Waals surface area (Å²) >= 11 is 0. The average molecular weight is 318 g/mol. The summed E-state index contributed by atoms with van der Waals surface area (Å²) in [6.07, 6.45) is 0.946. The van der Waals surface area contributed by atoms with Gasteiger partial charge in [-0.15, -0.1) is 0 Å². The third-order valence-electron chi connectivity index (χ3n) is 4.13. The van der Waals surface area contributed by atoms with E-state index in [0.29, 0.717) is 31.0 Å². The summed E-state index contributed by atoms with van der Waals surface area (Å²) in [7, 11) is 0. The first kappa shape index (κ1) is 15.6. The van der Waals surface area contributed by atoms with Crippen LogP contribution in [0, 0.1) is 5.92 Å². The fourth-order valence-electron chi connectivity index (χ4n) is 2.88. The molecule has 2 amide bonds. The van der Waals surface area contributed by atoms with E-state index >= 15 is 0 Å². The lowest BCUT2D eigenvalue weighted by Gasteiger charge is -2.26. The fraction of sp³-hybridized carbons (Fsp3) is 0.529. The van der Waals surface area contributed by atoms with E-state index < -0.39 is 6.10 Å². The van der Waals surface area contributed by atoms with Gasteiger partial charge in [-0.1, -0.05) is 19.1 Å². The van der Waals surface area contributed by atoms with Crippen molar-refractivity contribution in [2.45, 2.75) is 25.9 Å². The van der Waals surface area contributed by atoms with E-state index in [1.165, 1.54) is 0 Å². The van der Waals surface area contributed by atoms with E-state index in [1.807, 2.05) is 30.0 Å². The van der Waals surface area contributed by atoms with Crippen molar-refractivity contribution in [2.24, 2.45) is 5.92 Å². The van der Waals surface area contributed by atoms with Gasteiger partial charge in [-0.05, 0) is 24.5 Å². The summed E-state index contributed by atoms with van der Waals surface area (Å²) in [6, 6.07) is 7.32. The minimum Gasteiger partial charge on any atom is -0.485 e. The second-order valence-electron chi connectivity index (χ2n) is 6.16. The van der Waals surface area contributed by atoms with Crippen molar-refractivity contribution < 1.29 is 19.1 Å². The molecular weight excluding hydrogens is 296 g/mol. The van der Waals surface area contributed by atoms with Crippen LogP contribution in [0.2, 0.25) is 0 Å². The van der Waals surface area contributed by atoms with Crippen molar-refractivity contribution in [1.82, 2.24) is 10.2 Å². The molecule has 2 aliphatic rings. The molecule has 0 radical (unpaired) electrons. The maximum Gasteiger partial charge on any atom is 0.264 e. The zero-order valence-electron chi connectivity index (χ0n) is 13.3. The van der Waals surface area contributed by atoms with Crippen LogP contribution in [0.4, 0.5) is 0 Å². The number of ether oxygens (including phenoxy) is 2.